The summed E-state index contributed by atoms with van der Waals surface area (Å²) in [6, 6.07) is 3.46. The third-order valence-corrected chi connectivity index (χ3v) is 1.86. The first kappa shape index (κ1) is 7.31. The number of nitrogens with zero attached hydrogens (tertiary/aromatic N) is 1. The molecule has 3 nitrogen and oxygen atoms in total. The zero-order chi connectivity index (χ0) is 8.55. The lowest BCUT2D eigenvalue weighted by molar-refractivity contribution is 0.112. The molecule has 1 N–H and O–H groups in total. The van der Waals surface area contributed by atoms with Crippen molar-refractivity contribution in [3.05, 3.63) is 29.0 Å². The summed E-state index contributed by atoms with van der Waals surface area (Å²) in [4.78, 5) is 17.4. The van der Waals surface area contributed by atoms with Crippen LogP contribution in [0.3, 0.4) is 0 Å². The molecule has 0 aliphatic heterocycles. The fraction of sp³-hybridized carbons (Fsp3) is 0. The Morgan fingerprint density at radius 3 is 3.08 bits per heavy atom. The van der Waals surface area contributed by atoms with E-state index < -0.39 is 0 Å². The van der Waals surface area contributed by atoms with Crippen molar-refractivity contribution in [1.29, 1.82) is 0 Å². The number of aromatic nitrogens is 2. The second-order valence-corrected chi connectivity index (χ2v) is 2.78. The van der Waals surface area contributed by atoms with Crippen molar-refractivity contribution in [1.82, 2.24) is 9.97 Å². The highest BCUT2D eigenvalue weighted by molar-refractivity contribution is 6.29. The predicted molar refractivity (Wildman–Crippen MR) is 46.5 cm³/mol. The number of nitrogens with one attached hydrogen (secondary N) is 1. The molecule has 0 amide bonds. The number of aldehydes is 1. The second-order valence-electron chi connectivity index (χ2n) is 2.39. The van der Waals surface area contributed by atoms with Crippen molar-refractivity contribution in [3.63, 3.8) is 0 Å². The molecular formula is C8H5ClN2O. The molecule has 2 aromatic heterocycles. The second kappa shape index (κ2) is 2.60. The Bertz CT molecular complexity index is 436. The van der Waals surface area contributed by atoms with E-state index >= 15 is 0 Å². The van der Waals surface area contributed by atoms with Crippen LogP contribution in [0.1, 0.15) is 10.4 Å². The highest BCUT2D eigenvalue weighted by Gasteiger charge is 2.03. The van der Waals surface area contributed by atoms with Gasteiger partial charge in [0.05, 0.1) is 11.1 Å². The first-order valence-corrected chi connectivity index (χ1v) is 3.78. The summed E-state index contributed by atoms with van der Waals surface area (Å²) in [7, 11) is 0. The summed E-state index contributed by atoms with van der Waals surface area (Å²) >= 11 is 5.66. The number of hydrogen-bond donors (Lipinski definition) is 1. The van der Waals surface area contributed by atoms with Crippen molar-refractivity contribution in [3.8, 4) is 0 Å². The minimum absolute atomic E-state index is 0.394. The summed E-state index contributed by atoms with van der Waals surface area (Å²) in [5.74, 6) is 0. The van der Waals surface area contributed by atoms with Crippen LogP contribution in [0, 0.1) is 0 Å². The Morgan fingerprint density at radius 1 is 1.50 bits per heavy atom. The Hall–Kier alpha value is -1.35. The van der Waals surface area contributed by atoms with E-state index in [1.165, 1.54) is 0 Å². The van der Waals surface area contributed by atoms with E-state index in [9.17, 15) is 4.79 Å². The maximum absolute atomic E-state index is 10.5. The molecule has 2 rings (SSSR count). The summed E-state index contributed by atoms with van der Waals surface area (Å²) in [6.45, 7) is 0. The van der Waals surface area contributed by atoms with E-state index in [2.05, 4.69) is 9.97 Å². The lowest BCUT2D eigenvalue weighted by Gasteiger charge is -1.90. The summed E-state index contributed by atoms with van der Waals surface area (Å²) in [5.41, 5.74) is 1.98. The highest BCUT2D eigenvalue weighted by Crippen LogP contribution is 2.16. The fourth-order valence-electron chi connectivity index (χ4n) is 1.09. The van der Waals surface area contributed by atoms with Gasteiger partial charge in [0.15, 0.2) is 6.29 Å². The number of rotatable bonds is 1. The van der Waals surface area contributed by atoms with Crippen molar-refractivity contribution in [2.75, 3.05) is 0 Å². The quantitative estimate of drug-likeness (QED) is 0.539. The lowest BCUT2D eigenvalue weighted by Crippen LogP contribution is -1.79. The van der Waals surface area contributed by atoms with Crippen LogP contribution in [0.15, 0.2) is 18.3 Å². The fourth-order valence-corrected chi connectivity index (χ4v) is 1.23. The molecule has 0 bridgehead atoms. The molecule has 0 saturated carbocycles. The van der Waals surface area contributed by atoms with Crippen molar-refractivity contribution >= 4 is 28.9 Å². The normalized spacial score (nSPS) is 10.4. The number of carbonyl (C=O) groups excluding carboxylic acids is 1. The molecular weight excluding hydrogens is 176 g/mol. The van der Waals surface area contributed by atoms with Gasteiger partial charge in [-0.15, -0.1) is 0 Å². The van der Waals surface area contributed by atoms with Crippen molar-refractivity contribution in [2.45, 2.75) is 0 Å². The molecule has 0 atom stereocenters. The van der Waals surface area contributed by atoms with Gasteiger partial charge < -0.3 is 4.98 Å². The molecule has 0 spiro atoms. The minimum atomic E-state index is 0.394. The highest BCUT2D eigenvalue weighted by atomic mass is 35.5. The molecule has 0 fully saturated rings. The van der Waals surface area contributed by atoms with Gasteiger partial charge in [-0.05, 0) is 12.1 Å². The smallest absolute Gasteiger partial charge is 0.153 e. The van der Waals surface area contributed by atoms with E-state index in [1.807, 2.05) is 0 Å². The zero-order valence-electron chi connectivity index (χ0n) is 6.04. The van der Waals surface area contributed by atoms with Gasteiger partial charge in [0.1, 0.15) is 10.7 Å². The van der Waals surface area contributed by atoms with E-state index in [0.717, 1.165) is 11.8 Å². The maximum Gasteiger partial charge on any atom is 0.153 e. The Balaban J connectivity index is 2.83. The maximum atomic E-state index is 10.5. The monoisotopic (exact) mass is 180 g/mol. The van der Waals surface area contributed by atoms with Crippen LogP contribution < -0.4 is 0 Å². The molecule has 0 unspecified atom stereocenters. The largest absolute Gasteiger partial charge is 0.359 e. The van der Waals surface area contributed by atoms with E-state index in [0.29, 0.717) is 16.2 Å². The van der Waals surface area contributed by atoms with Crippen LogP contribution in [-0.2, 0) is 0 Å². The predicted octanol–water partition coefficient (Wildman–Crippen LogP) is 2.03. The van der Waals surface area contributed by atoms with Crippen molar-refractivity contribution in [2.24, 2.45) is 0 Å². The van der Waals surface area contributed by atoms with Crippen LogP contribution in [0.25, 0.3) is 11.0 Å². The van der Waals surface area contributed by atoms with Gasteiger partial charge >= 0.3 is 0 Å². The number of carbonyl (C=O) groups is 1. The molecule has 2 aromatic rings. The molecule has 60 valence electrons. The van der Waals surface area contributed by atoms with Crippen LogP contribution in [-0.4, -0.2) is 16.3 Å². The summed E-state index contributed by atoms with van der Waals surface area (Å²) < 4.78 is 0. The summed E-state index contributed by atoms with van der Waals surface area (Å²) in [5, 5.41) is 0.394. The van der Waals surface area contributed by atoms with Gasteiger partial charge in [0, 0.05) is 6.20 Å². The van der Waals surface area contributed by atoms with E-state index in [4.69, 9.17) is 11.6 Å². The van der Waals surface area contributed by atoms with Gasteiger partial charge in [-0.1, -0.05) is 11.6 Å². The number of halogens is 1. The van der Waals surface area contributed by atoms with E-state index in [-0.39, 0.29) is 0 Å². The molecule has 0 aliphatic rings. The topological polar surface area (TPSA) is 45.8 Å². The third kappa shape index (κ3) is 0.987. The average Bonchev–Trinajstić information content (AvgIpc) is 2.46. The van der Waals surface area contributed by atoms with Crippen LogP contribution in [0.4, 0.5) is 0 Å². The van der Waals surface area contributed by atoms with Crippen LogP contribution in [0.5, 0.6) is 0 Å². The molecule has 4 heteroatoms. The zero-order valence-corrected chi connectivity index (χ0v) is 6.80. The van der Waals surface area contributed by atoms with Gasteiger partial charge in [-0.2, -0.15) is 0 Å². The molecule has 2 heterocycles. The number of H-pyrrole nitrogens is 1. The van der Waals surface area contributed by atoms with Gasteiger partial charge in [0.2, 0.25) is 0 Å². The molecule has 12 heavy (non-hydrogen) atoms. The van der Waals surface area contributed by atoms with Crippen LogP contribution >= 0.6 is 11.6 Å². The molecule has 0 radical (unpaired) electrons. The molecule has 0 aromatic carbocycles. The Labute approximate surface area is 73.4 Å². The van der Waals surface area contributed by atoms with Gasteiger partial charge in [0.25, 0.3) is 0 Å². The number of aromatic amines is 1. The lowest BCUT2D eigenvalue weighted by atomic mass is 10.3. The van der Waals surface area contributed by atoms with Crippen LogP contribution in [0.2, 0.25) is 5.15 Å². The standard InChI is InChI=1S/C8H5ClN2O/c9-7-2-1-6-8(11-7)5(4-12)3-10-6/h1-4,10H. The average molecular weight is 181 g/mol. The Kier molecular flexibility index (Phi) is 1.59. The van der Waals surface area contributed by atoms with Gasteiger partial charge in [-0.3, -0.25) is 4.79 Å². The number of fused-ring (bicyclic) bond motifs is 1. The number of hydrogen-bond acceptors (Lipinski definition) is 2. The first-order valence-electron chi connectivity index (χ1n) is 3.40. The SMILES string of the molecule is O=Cc1c[nH]c2ccc(Cl)nc12. The minimum Gasteiger partial charge on any atom is -0.359 e. The Morgan fingerprint density at radius 2 is 2.33 bits per heavy atom. The molecule has 0 saturated heterocycles. The van der Waals surface area contributed by atoms with Gasteiger partial charge in [-0.25, -0.2) is 4.98 Å². The van der Waals surface area contributed by atoms with Crippen molar-refractivity contribution < 1.29 is 4.79 Å². The van der Waals surface area contributed by atoms with E-state index in [1.54, 1.807) is 18.3 Å². The third-order valence-electron chi connectivity index (χ3n) is 1.64. The number of pyridine rings is 1. The first-order chi connectivity index (χ1) is 5.81. The summed E-state index contributed by atoms with van der Waals surface area (Å²) in [6.07, 6.45) is 2.36. The molecule has 0 aliphatic carbocycles.